The molecule has 2 aromatic heterocycles. The minimum atomic E-state index is -0.492. The quantitative estimate of drug-likeness (QED) is 0.466. The number of rotatable bonds is 4. The third-order valence-electron chi connectivity index (χ3n) is 2.15. The lowest BCUT2D eigenvalue weighted by Crippen LogP contribution is -2.26. The van der Waals surface area contributed by atoms with Gasteiger partial charge in [-0.2, -0.15) is 5.10 Å². The second-order valence-electron chi connectivity index (χ2n) is 3.41. The van der Waals surface area contributed by atoms with Crippen molar-refractivity contribution in [2.24, 2.45) is 10.8 Å². The van der Waals surface area contributed by atoms with Gasteiger partial charge in [0.05, 0.1) is 23.9 Å². The van der Waals surface area contributed by atoms with Gasteiger partial charge < -0.3 is 10.2 Å². The van der Waals surface area contributed by atoms with Crippen LogP contribution in [0.1, 0.15) is 24.5 Å². The molecule has 0 amide bonds. The fourth-order valence-electron chi connectivity index (χ4n) is 1.24. The van der Waals surface area contributed by atoms with Crippen LogP contribution in [0.2, 0.25) is 0 Å². The Morgan fingerprint density at radius 2 is 2.41 bits per heavy atom. The molecule has 0 spiro atoms. The van der Waals surface area contributed by atoms with Crippen LogP contribution in [0.25, 0.3) is 0 Å². The van der Waals surface area contributed by atoms with Crippen LogP contribution in [-0.2, 0) is 0 Å². The first-order chi connectivity index (χ1) is 8.27. The lowest BCUT2D eigenvalue weighted by Gasteiger charge is -2.10. The molecule has 0 aliphatic heterocycles. The van der Waals surface area contributed by atoms with Gasteiger partial charge in [0, 0.05) is 12.4 Å². The fourth-order valence-corrected chi connectivity index (χ4v) is 1.24. The summed E-state index contributed by atoms with van der Waals surface area (Å²) in [7, 11) is 0. The van der Waals surface area contributed by atoms with Gasteiger partial charge in [0.1, 0.15) is 11.9 Å². The molecule has 0 radical (unpaired) electrons. The van der Waals surface area contributed by atoms with E-state index in [1.807, 2.05) is 13.0 Å². The number of hydrogen-bond acceptors (Lipinski definition) is 6. The molecule has 3 N–H and O–H groups in total. The second kappa shape index (κ2) is 5.22. The van der Waals surface area contributed by atoms with Gasteiger partial charge in [0.15, 0.2) is 0 Å². The monoisotopic (exact) mass is 231 g/mol. The van der Waals surface area contributed by atoms with Crippen LogP contribution in [-0.4, -0.2) is 15.7 Å². The Hall–Kier alpha value is -2.21. The molecule has 1 atom stereocenters. The van der Waals surface area contributed by atoms with Gasteiger partial charge in [0.25, 0.3) is 0 Å². The zero-order chi connectivity index (χ0) is 12.1. The smallest absolute Gasteiger partial charge is 0.149 e. The molecular weight excluding hydrogens is 218 g/mol. The molecule has 1 unspecified atom stereocenters. The summed E-state index contributed by atoms with van der Waals surface area (Å²) in [6.45, 7) is 1.83. The van der Waals surface area contributed by atoms with E-state index in [2.05, 4.69) is 20.5 Å². The van der Waals surface area contributed by atoms with Crippen LogP contribution in [0.5, 0.6) is 0 Å². The molecule has 0 aromatic carbocycles. The Morgan fingerprint density at radius 3 is 3.06 bits per heavy atom. The van der Waals surface area contributed by atoms with Crippen LogP contribution in [0, 0.1) is 0 Å². The van der Waals surface area contributed by atoms with Crippen molar-refractivity contribution >= 4 is 5.71 Å². The van der Waals surface area contributed by atoms with E-state index in [0.717, 1.165) is 0 Å². The van der Waals surface area contributed by atoms with Crippen molar-refractivity contribution in [3.8, 4) is 0 Å². The molecule has 2 rings (SSSR count). The Balaban J connectivity index is 2.01. The number of nitrogens with zero attached hydrogens (tertiary/aromatic N) is 3. The summed E-state index contributed by atoms with van der Waals surface area (Å²) in [5, 5.41) is 4.12. The molecule has 0 saturated heterocycles. The highest BCUT2D eigenvalue weighted by Gasteiger charge is 2.06. The molecule has 0 bridgehead atoms. The van der Waals surface area contributed by atoms with Crippen molar-refractivity contribution in [3.63, 3.8) is 0 Å². The summed E-state index contributed by atoms with van der Waals surface area (Å²) in [6, 6.07) is 3.63. The van der Waals surface area contributed by atoms with Crippen molar-refractivity contribution in [1.29, 1.82) is 0 Å². The van der Waals surface area contributed by atoms with Crippen LogP contribution >= 0.6 is 0 Å². The van der Waals surface area contributed by atoms with E-state index >= 15 is 0 Å². The van der Waals surface area contributed by atoms with Gasteiger partial charge in [0.2, 0.25) is 0 Å². The van der Waals surface area contributed by atoms with E-state index in [-0.39, 0.29) is 0 Å². The third-order valence-corrected chi connectivity index (χ3v) is 2.15. The topological polar surface area (TPSA) is 89.3 Å². The van der Waals surface area contributed by atoms with Crippen LogP contribution < -0.4 is 11.2 Å². The lowest BCUT2D eigenvalue weighted by molar-refractivity contribution is 0.543. The van der Waals surface area contributed by atoms with Gasteiger partial charge in [-0.25, -0.2) is 0 Å². The summed E-state index contributed by atoms with van der Waals surface area (Å²) in [5.41, 5.74) is 9.98. The SMILES string of the molecule is C/C(=N/NC(N)c1cnccn1)c1ccco1. The van der Waals surface area contributed by atoms with Gasteiger partial charge in [-0.1, -0.05) is 0 Å². The Bertz CT molecular complexity index is 480. The predicted octanol–water partition coefficient (Wildman–Crippen LogP) is 1.04. The number of hydrazone groups is 1. The number of aromatic nitrogens is 2. The zero-order valence-electron chi connectivity index (χ0n) is 9.37. The van der Waals surface area contributed by atoms with Gasteiger partial charge in [-0.15, -0.1) is 0 Å². The minimum absolute atomic E-state index is 0.492. The standard InChI is InChI=1S/C11H13N5O/c1-8(10-3-2-6-17-10)15-16-11(12)9-7-13-4-5-14-9/h2-7,11,16H,12H2,1H3/b15-8-. The summed E-state index contributed by atoms with van der Waals surface area (Å²) in [4.78, 5) is 8.01. The van der Waals surface area contributed by atoms with Crippen molar-refractivity contribution in [2.75, 3.05) is 0 Å². The van der Waals surface area contributed by atoms with Gasteiger partial charge >= 0.3 is 0 Å². The average Bonchev–Trinajstić information content (AvgIpc) is 2.90. The number of furan rings is 1. The van der Waals surface area contributed by atoms with Crippen LogP contribution in [0.15, 0.2) is 46.5 Å². The molecule has 0 aliphatic rings. The first-order valence-corrected chi connectivity index (χ1v) is 5.12. The summed E-state index contributed by atoms with van der Waals surface area (Å²) in [6.07, 6.45) is 5.87. The maximum Gasteiger partial charge on any atom is 0.149 e. The van der Waals surface area contributed by atoms with E-state index in [4.69, 9.17) is 10.2 Å². The van der Waals surface area contributed by atoms with Crippen molar-refractivity contribution in [2.45, 2.75) is 13.1 Å². The molecule has 88 valence electrons. The van der Waals surface area contributed by atoms with E-state index in [9.17, 15) is 0 Å². The molecule has 6 heteroatoms. The summed E-state index contributed by atoms with van der Waals surface area (Å²) in [5.74, 6) is 0.698. The second-order valence-corrected chi connectivity index (χ2v) is 3.41. The van der Waals surface area contributed by atoms with Crippen LogP contribution in [0.4, 0.5) is 0 Å². The van der Waals surface area contributed by atoms with Gasteiger partial charge in [-0.05, 0) is 19.1 Å². The fraction of sp³-hybridized carbons (Fsp3) is 0.182. The molecule has 6 nitrogen and oxygen atoms in total. The lowest BCUT2D eigenvalue weighted by atomic mass is 10.3. The number of nitrogens with two attached hydrogens (primary N) is 1. The van der Waals surface area contributed by atoms with Crippen LogP contribution in [0.3, 0.4) is 0 Å². The normalized spacial score (nSPS) is 13.4. The highest BCUT2D eigenvalue weighted by atomic mass is 16.3. The molecular formula is C11H13N5O. The summed E-state index contributed by atoms with van der Waals surface area (Å²) >= 11 is 0. The molecule has 2 heterocycles. The van der Waals surface area contributed by atoms with Crippen molar-refractivity contribution < 1.29 is 4.42 Å². The highest BCUT2D eigenvalue weighted by Crippen LogP contribution is 2.03. The number of nitrogens with one attached hydrogen (secondary N) is 1. The maximum absolute atomic E-state index is 5.85. The van der Waals surface area contributed by atoms with E-state index < -0.39 is 6.17 Å². The first kappa shape index (κ1) is 11.3. The number of hydrogen-bond donors (Lipinski definition) is 2. The third kappa shape index (κ3) is 2.88. The van der Waals surface area contributed by atoms with E-state index in [1.54, 1.807) is 30.9 Å². The predicted molar refractivity (Wildman–Crippen MR) is 63.0 cm³/mol. The summed E-state index contributed by atoms with van der Waals surface area (Å²) < 4.78 is 5.19. The Kier molecular flexibility index (Phi) is 3.46. The molecule has 2 aromatic rings. The Labute approximate surface area is 98.6 Å². The zero-order valence-corrected chi connectivity index (χ0v) is 9.37. The van der Waals surface area contributed by atoms with Crippen molar-refractivity contribution in [1.82, 2.24) is 15.4 Å². The largest absolute Gasteiger partial charge is 0.463 e. The van der Waals surface area contributed by atoms with Crippen molar-refractivity contribution in [3.05, 3.63) is 48.4 Å². The molecule has 17 heavy (non-hydrogen) atoms. The average molecular weight is 231 g/mol. The van der Waals surface area contributed by atoms with E-state index in [1.165, 1.54) is 0 Å². The first-order valence-electron chi connectivity index (χ1n) is 5.12. The van der Waals surface area contributed by atoms with Gasteiger partial charge in [-0.3, -0.25) is 15.4 Å². The highest BCUT2D eigenvalue weighted by molar-refractivity contribution is 5.95. The molecule has 0 fully saturated rings. The Morgan fingerprint density at radius 1 is 1.53 bits per heavy atom. The molecule has 0 saturated carbocycles. The van der Waals surface area contributed by atoms with E-state index in [0.29, 0.717) is 17.2 Å². The maximum atomic E-state index is 5.85. The molecule has 0 aliphatic carbocycles. The minimum Gasteiger partial charge on any atom is -0.463 e.